The first kappa shape index (κ1) is 20.4. The molecule has 0 aliphatic heterocycles. The largest absolute Gasteiger partial charge is 0.468 e. The summed E-state index contributed by atoms with van der Waals surface area (Å²) in [7, 11) is 1.46. The van der Waals surface area contributed by atoms with Crippen LogP contribution in [0.4, 0.5) is 0 Å². The van der Waals surface area contributed by atoms with Crippen LogP contribution in [0.25, 0.3) is 0 Å². The number of ether oxygens (including phenoxy) is 1. The van der Waals surface area contributed by atoms with Crippen LogP contribution in [0.3, 0.4) is 0 Å². The molecule has 0 amide bonds. The van der Waals surface area contributed by atoms with Gasteiger partial charge in [0.15, 0.2) is 0 Å². The minimum absolute atomic E-state index is 0.160. The van der Waals surface area contributed by atoms with Gasteiger partial charge in [-0.3, -0.25) is 4.79 Å². The summed E-state index contributed by atoms with van der Waals surface area (Å²) in [6.07, 6.45) is 4.30. The van der Waals surface area contributed by atoms with Crippen molar-refractivity contribution in [3.8, 4) is 0 Å². The van der Waals surface area contributed by atoms with Gasteiger partial charge in [-0.15, -0.1) is 0 Å². The molecule has 0 fully saturated rings. The first-order valence-corrected chi connectivity index (χ1v) is 8.53. The van der Waals surface area contributed by atoms with Crippen LogP contribution in [0.1, 0.15) is 60.3 Å². The molecule has 0 aromatic carbocycles. The predicted octanol–water partition coefficient (Wildman–Crippen LogP) is 3.07. The van der Waals surface area contributed by atoms with Gasteiger partial charge < -0.3 is 15.0 Å². The zero-order valence-electron chi connectivity index (χ0n) is 15.0. The van der Waals surface area contributed by atoms with Crippen LogP contribution in [0.2, 0.25) is 0 Å². The van der Waals surface area contributed by atoms with E-state index in [1.54, 1.807) is 0 Å². The molecule has 0 heterocycles. The van der Waals surface area contributed by atoms with E-state index in [0.717, 1.165) is 38.4 Å². The summed E-state index contributed by atoms with van der Waals surface area (Å²) in [5.74, 6) is 0.623. The van der Waals surface area contributed by atoms with Gasteiger partial charge in [0.25, 0.3) is 0 Å². The number of esters is 1. The summed E-state index contributed by atoms with van der Waals surface area (Å²) < 4.78 is 4.94. The van der Waals surface area contributed by atoms with Crippen molar-refractivity contribution in [1.29, 1.82) is 0 Å². The standard InChI is InChI=1S/C17H36N2O2/c1-7-15(8-2)14-19(10-4)13-11-12-17(5,18-9-3)16(20)21-6/h15,18H,7-14H2,1-6H3. The number of likely N-dealkylation sites (N-methyl/N-ethyl adjacent to an activating group) is 1. The lowest BCUT2D eigenvalue weighted by Gasteiger charge is -2.30. The van der Waals surface area contributed by atoms with Gasteiger partial charge in [0.05, 0.1) is 7.11 Å². The van der Waals surface area contributed by atoms with Gasteiger partial charge in [-0.05, 0) is 45.3 Å². The van der Waals surface area contributed by atoms with E-state index in [1.165, 1.54) is 26.5 Å². The Bertz CT molecular complexity index is 280. The molecule has 0 aromatic heterocycles. The van der Waals surface area contributed by atoms with E-state index in [2.05, 4.69) is 31.0 Å². The highest BCUT2D eigenvalue weighted by Gasteiger charge is 2.32. The minimum Gasteiger partial charge on any atom is -0.468 e. The van der Waals surface area contributed by atoms with Gasteiger partial charge in [0.2, 0.25) is 0 Å². The summed E-state index contributed by atoms with van der Waals surface area (Å²) in [4.78, 5) is 14.4. The molecule has 1 N–H and O–H groups in total. The van der Waals surface area contributed by atoms with E-state index < -0.39 is 5.54 Å². The molecule has 0 radical (unpaired) electrons. The van der Waals surface area contributed by atoms with E-state index in [0.29, 0.717) is 0 Å². The van der Waals surface area contributed by atoms with E-state index in [1.807, 2.05) is 13.8 Å². The van der Waals surface area contributed by atoms with Gasteiger partial charge in [0, 0.05) is 6.54 Å². The molecule has 0 aromatic rings. The average molecular weight is 300 g/mol. The van der Waals surface area contributed by atoms with Crippen LogP contribution in [0.15, 0.2) is 0 Å². The fourth-order valence-corrected chi connectivity index (χ4v) is 2.82. The molecule has 1 unspecified atom stereocenters. The molecule has 0 bridgehead atoms. The van der Waals surface area contributed by atoms with Crippen LogP contribution < -0.4 is 5.32 Å². The molecule has 0 aliphatic carbocycles. The van der Waals surface area contributed by atoms with Gasteiger partial charge in [-0.1, -0.05) is 40.5 Å². The fourth-order valence-electron chi connectivity index (χ4n) is 2.82. The Labute approximate surface area is 131 Å². The monoisotopic (exact) mass is 300 g/mol. The number of rotatable bonds is 12. The van der Waals surface area contributed by atoms with Gasteiger partial charge >= 0.3 is 5.97 Å². The smallest absolute Gasteiger partial charge is 0.325 e. The Morgan fingerprint density at radius 1 is 1.24 bits per heavy atom. The lowest BCUT2D eigenvalue weighted by molar-refractivity contribution is -0.148. The minimum atomic E-state index is -0.558. The molecule has 21 heavy (non-hydrogen) atoms. The maximum atomic E-state index is 11.9. The number of hydrogen-bond acceptors (Lipinski definition) is 4. The number of nitrogens with zero attached hydrogens (tertiary/aromatic N) is 1. The SMILES string of the molecule is CCNC(C)(CCCN(CC)CC(CC)CC)C(=O)OC. The van der Waals surface area contributed by atoms with Gasteiger partial charge in [-0.25, -0.2) is 0 Å². The molecule has 0 saturated heterocycles. The summed E-state index contributed by atoms with van der Waals surface area (Å²) in [5, 5.41) is 3.27. The van der Waals surface area contributed by atoms with Crippen molar-refractivity contribution in [2.45, 2.75) is 65.8 Å². The maximum Gasteiger partial charge on any atom is 0.325 e. The van der Waals surface area contributed by atoms with Crippen LogP contribution in [0.5, 0.6) is 0 Å². The molecule has 0 saturated carbocycles. The Hall–Kier alpha value is -0.610. The highest BCUT2D eigenvalue weighted by Crippen LogP contribution is 2.16. The van der Waals surface area contributed by atoms with Crippen LogP contribution in [-0.4, -0.2) is 49.7 Å². The third-order valence-electron chi connectivity index (χ3n) is 4.47. The van der Waals surface area contributed by atoms with Gasteiger partial charge in [0.1, 0.15) is 5.54 Å². The van der Waals surface area contributed by atoms with Crippen LogP contribution in [-0.2, 0) is 9.53 Å². The second kappa shape index (κ2) is 11.0. The van der Waals surface area contributed by atoms with E-state index in [-0.39, 0.29) is 5.97 Å². The maximum absolute atomic E-state index is 11.9. The Morgan fingerprint density at radius 3 is 2.29 bits per heavy atom. The highest BCUT2D eigenvalue weighted by molar-refractivity contribution is 5.80. The molecule has 1 atom stereocenters. The zero-order chi connectivity index (χ0) is 16.3. The molecule has 4 nitrogen and oxygen atoms in total. The summed E-state index contributed by atoms with van der Waals surface area (Å²) in [5.41, 5.74) is -0.558. The summed E-state index contributed by atoms with van der Waals surface area (Å²) in [6, 6.07) is 0. The van der Waals surface area contributed by atoms with Crippen molar-refractivity contribution < 1.29 is 9.53 Å². The Morgan fingerprint density at radius 2 is 1.86 bits per heavy atom. The average Bonchev–Trinajstić information content (AvgIpc) is 2.50. The number of carbonyl (C=O) groups is 1. The van der Waals surface area contributed by atoms with E-state index in [4.69, 9.17) is 4.74 Å². The highest BCUT2D eigenvalue weighted by atomic mass is 16.5. The van der Waals surface area contributed by atoms with E-state index >= 15 is 0 Å². The number of carbonyl (C=O) groups excluding carboxylic acids is 1. The Balaban J connectivity index is 4.36. The molecule has 0 rings (SSSR count). The molecule has 126 valence electrons. The van der Waals surface area contributed by atoms with Crippen LogP contribution in [0, 0.1) is 5.92 Å². The number of nitrogens with one attached hydrogen (secondary N) is 1. The van der Waals surface area contributed by atoms with Crippen molar-refractivity contribution in [1.82, 2.24) is 10.2 Å². The number of hydrogen-bond donors (Lipinski definition) is 1. The second-order valence-corrected chi connectivity index (χ2v) is 6.03. The first-order chi connectivity index (χ1) is 9.97. The van der Waals surface area contributed by atoms with Crippen molar-refractivity contribution in [3.05, 3.63) is 0 Å². The topological polar surface area (TPSA) is 41.6 Å². The summed E-state index contributed by atoms with van der Waals surface area (Å²) >= 11 is 0. The van der Waals surface area contributed by atoms with Crippen molar-refractivity contribution in [2.75, 3.05) is 33.3 Å². The van der Waals surface area contributed by atoms with Crippen molar-refractivity contribution in [2.24, 2.45) is 5.92 Å². The lowest BCUT2D eigenvalue weighted by Crippen LogP contribution is -2.50. The third kappa shape index (κ3) is 7.28. The van der Waals surface area contributed by atoms with Crippen molar-refractivity contribution >= 4 is 5.97 Å². The second-order valence-electron chi connectivity index (χ2n) is 6.03. The molecule has 0 spiro atoms. The number of methoxy groups -OCH3 is 1. The van der Waals surface area contributed by atoms with Crippen LogP contribution >= 0.6 is 0 Å². The van der Waals surface area contributed by atoms with Gasteiger partial charge in [-0.2, -0.15) is 0 Å². The first-order valence-electron chi connectivity index (χ1n) is 8.53. The summed E-state index contributed by atoms with van der Waals surface area (Å²) in [6.45, 7) is 14.8. The Kier molecular flexibility index (Phi) is 10.7. The lowest BCUT2D eigenvalue weighted by atomic mass is 9.95. The molecule has 4 heteroatoms. The van der Waals surface area contributed by atoms with Crippen molar-refractivity contribution in [3.63, 3.8) is 0 Å². The predicted molar refractivity (Wildman–Crippen MR) is 89.5 cm³/mol. The quantitative estimate of drug-likeness (QED) is 0.562. The third-order valence-corrected chi connectivity index (χ3v) is 4.47. The molecular weight excluding hydrogens is 264 g/mol. The molecular formula is C17H36N2O2. The molecule has 0 aliphatic rings. The zero-order valence-corrected chi connectivity index (χ0v) is 15.0. The normalized spacial score (nSPS) is 14.5. The van der Waals surface area contributed by atoms with E-state index in [9.17, 15) is 4.79 Å². The fraction of sp³-hybridized carbons (Fsp3) is 0.941.